The Kier molecular flexibility index (Phi) is 4.63. The van der Waals surface area contributed by atoms with Gasteiger partial charge in [0.1, 0.15) is 0 Å². The molecule has 1 aromatic carbocycles. The maximum Gasteiger partial charge on any atom is 0.0474 e. The number of aliphatic hydroxyl groups is 1. The van der Waals surface area contributed by atoms with Gasteiger partial charge in [-0.2, -0.15) is 0 Å². The molecule has 0 bridgehead atoms. The van der Waals surface area contributed by atoms with Crippen molar-refractivity contribution in [3.8, 4) is 0 Å². The Hall–Kier alpha value is -0.900. The van der Waals surface area contributed by atoms with Crippen LogP contribution in [0.25, 0.3) is 0 Å². The molecule has 0 spiro atoms. The van der Waals surface area contributed by atoms with E-state index in [1.165, 1.54) is 30.4 Å². The summed E-state index contributed by atoms with van der Waals surface area (Å²) in [5, 5.41) is 13.5. The van der Waals surface area contributed by atoms with Crippen LogP contribution in [0, 0.1) is 5.92 Å². The van der Waals surface area contributed by atoms with Crippen molar-refractivity contribution in [3.05, 3.63) is 35.4 Å². The minimum Gasteiger partial charge on any atom is -0.396 e. The number of fused-ring (bicyclic) bond motifs is 1. The molecule has 0 heterocycles. The molecule has 116 valence electrons. The molecule has 3 nitrogen and oxygen atoms in total. The topological polar surface area (TPSA) is 58.3 Å². The Morgan fingerprint density at radius 2 is 1.95 bits per heavy atom. The number of nitrogens with one attached hydrogen (secondary N) is 1. The monoisotopic (exact) mass is 288 g/mol. The summed E-state index contributed by atoms with van der Waals surface area (Å²) in [6, 6.07) is 9.17. The third-order valence-corrected chi connectivity index (χ3v) is 5.55. The Morgan fingerprint density at radius 3 is 2.71 bits per heavy atom. The van der Waals surface area contributed by atoms with Gasteiger partial charge in [0.2, 0.25) is 0 Å². The average Bonchev–Trinajstić information content (AvgIpc) is 2.55. The second-order valence-electron chi connectivity index (χ2n) is 6.91. The van der Waals surface area contributed by atoms with Crippen LogP contribution >= 0.6 is 0 Å². The minimum absolute atomic E-state index is 0.0176. The number of rotatable bonds is 4. The van der Waals surface area contributed by atoms with Gasteiger partial charge in [-0.1, -0.05) is 37.1 Å². The molecule has 0 radical (unpaired) electrons. The van der Waals surface area contributed by atoms with Gasteiger partial charge < -0.3 is 16.2 Å². The van der Waals surface area contributed by atoms with Gasteiger partial charge in [-0.05, 0) is 49.1 Å². The van der Waals surface area contributed by atoms with Gasteiger partial charge in [-0.25, -0.2) is 0 Å². The van der Waals surface area contributed by atoms with E-state index in [0.717, 1.165) is 25.7 Å². The third kappa shape index (κ3) is 3.15. The van der Waals surface area contributed by atoms with E-state index in [2.05, 4.69) is 29.6 Å². The SMILES string of the molecule is NCC1(NC2CCCCC2CO)CCc2ccccc2C1. The molecule has 1 saturated carbocycles. The third-order valence-electron chi connectivity index (χ3n) is 5.55. The van der Waals surface area contributed by atoms with Crippen LogP contribution in [0.15, 0.2) is 24.3 Å². The molecule has 0 aromatic heterocycles. The lowest BCUT2D eigenvalue weighted by Crippen LogP contribution is -2.60. The molecule has 0 amide bonds. The number of aliphatic hydroxyl groups excluding tert-OH is 1. The van der Waals surface area contributed by atoms with E-state index in [1.54, 1.807) is 0 Å². The van der Waals surface area contributed by atoms with Crippen LogP contribution in [0.2, 0.25) is 0 Å². The molecule has 3 unspecified atom stereocenters. The van der Waals surface area contributed by atoms with E-state index in [4.69, 9.17) is 5.73 Å². The number of aryl methyl sites for hydroxylation is 1. The van der Waals surface area contributed by atoms with Crippen molar-refractivity contribution in [1.82, 2.24) is 5.32 Å². The number of benzene rings is 1. The van der Waals surface area contributed by atoms with Crippen molar-refractivity contribution in [2.24, 2.45) is 11.7 Å². The first-order chi connectivity index (χ1) is 10.3. The molecule has 3 rings (SSSR count). The number of hydrogen-bond acceptors (Lipinski definition) is 3. The van der Waals surface area contributed by atoms with Gasteiger partial charge in [-0.3, -0.25) is 0 Å². The lowest BCUT2D eigenvalue weighted by molar-refractivity contribution is 0.122. The van der Waals surface area contributed by atoms with E-state index >= 15 is 0 Å². The fraction of sp³-hybridized carbons (Fsp3) is 0.667. The standard InChI is InChI=1S/C18H28N2O/c19-13-18(20-17-8-4-3-7-16(17)12-21)10-9-14-5-1-2-6-15(14)11-18/h1-2,5-6,16-17,20-21H,3-4,7-13,19H2. The molecule has 3 heteroatoms. The Bertz CT molecular complexity index is 476. The van der Waals surface area contributed by atoms with Gasteiger partial charge in [0.05, 0.1) is 0 Å². The van der Waals surface area contributed by atoms with E-state index in [-0.39, 0.29) is 5.54 Å². The lowest BCUT2D eigenvalue weighted by atomic mass is 9.75. The van der Waals surface area contributed by atoms with Crippen LogP contribution < -0.4 is 11.1 Å². The predicted octanol–water partition coefficient (Wildman–Crippen LogP) is 2.01. The van der Waals surface area contributed by atoms with Crippen molar-refractivity contribution in [2.75, 3.05) is 13.2 Å². The lowest BCUT2D eigenvalue weighted by Gasteiger charge is -2.44. The smallest absolute Gasteiger partial charge is 0.0474 e. The van der Waals surface area contributed by atoms with E-state index < -0.39 is 0 Å². The molecule has 1 fully saturated rings. The second-order valence-corrected chi connectivity index (χ2v) is 6.91. The zero-order valence-corrected chi connectivity index (χ0v) is 12.9. The molecule has 3 atom stereocenters. The summed E-state index contributed by atoms with van der Waals surface area (Å²) in [6.07, 6.45) is 8.08. The molecule has 2 aliphatic rings. The zero-order valence-electron chi connectivity index (χ0n) is 12.9. The Morgan fingerprint density at radius 1 is 1.19 bits per heavy atom. The first-order valence-corrected chi connectivity index (χ1v) is 8.42. The van der Waals surface area contributed by atoms with Crippen molar-refractivity contribution >= 4 is 0 Å². The largest absolute Gasteiger partial charge is 0.396 e. The normalized spacial score (nSPS) is 32.7. The zero-order chi connectivity index (χ0) is 14.7. The molecule has 0 aliphatic heterocycles. The number of nitrogens with two attached hydrogens (primary N) is 1. The summed E-state index contributed by atoms with van der Waals surface area (Å²) in [6.45, 7) is 0.977. The van der Waals surface area contributed by atoms with Crippen molar-refractivity contribution < 1.29 is 5.11 Å². The van der Waals surface area contributed by atoms with Gasteiger partial charge >= 0.3 is 0 Å². The van der Waals surface area contributed by atoms with Crippen LogP contribution in [0.5, 0.6) is 0 Å². The first kappa shape index (κ1) is 15.0. The molecular weight excluding hydrogens is 260 g/mol. The maximum absolute atomic E-state index is 9.63. The van der Waals surface area contributed by atoms with E-state index in [9.17, 15) is 5.11 Å². The van der Waals surface area contributed by atoms with Crippen molar-refractivity contribution in [3.63, 3.8) is 0 Å². The van der Waals surface area contributed by atoms with Gasteiger partial charge in [0, 0.05) is 24.7 Å². The van der Waals surface area contributed by atoms with Gasteiger partial charge in [0.15, 0.2) is 0 Å². The maximum atomic E-state index is 9.63. The summed E-state index contributed by atoms with van der Waals surface area (Å²) >= 11 is 0. The Balaban J connectivity index is 1.75. The average molecular weight is 288 g/mol. The predicted molar refractivity (Wildman–Crippen MR) is 86.2 cm³/mol. The number of hydrogen-bond donors (Lipinski definition) is 3. The highest BCUT2D eigenvalue weighted by Crippen LogP contribution is 2.32. The van der Waals surface area contributed by atoms with Crippen LogP contribution in [0.1, 0.15) is 43.2 Å². The quantitative estimate of drug-likeness (QED) is 0.794. The highest BCUT2D eigenvalue weighted by Gasteiger charge is 2.37. The molecule has 21 heavy (non-hydrogen) atoms. The highest BCUT2D eigenvalue weighted by molar-refractivity contribution is 5.32. The fourth-order valence-corrected chi connectivity index (χ4v) is 4.17. The summed E-state index contributed by atoms with van der Waals surface area (Å²) in [4.78, 5) is 0. The Labute approximate surface area is 127 Å². The molecule has 2 aliphatic carbocycles. The summed E-state index contributed by atoms with van der Waals surface area (Å²) in [7, 11) is 0. The molecule has 1 aromatic rings. The van der Waals surface area contributed by atoms with Gasteiger partial charge in [-0.15, -0.1) is 0 Å². The first-order valence-electron chi connectivity index (χ1n) is 8.42. The van der Waals surface area contributed by atoms with Gasteiger partial charge in [0.25, 0.3) is 0 Å². The molecule has 0 saturated heterocycles. The van der Waals surface area contributed by atoms with Crippen LogP contribution in [-0.2, 0) is 12.8 Å². The summed E-state index contributed by atoms with van der Waals surface area (Å²) in [5.74, 6) is 0.402. The fourth-order valence-electron chi connectivity index (χ4n) is 4.17. The minimum atomic E-state index is 0.0176. The summed E-state index contributed by atoms with van der Waals surface area (Å²) < 4.78 is 0. The van der Waals surface area contributed by atoms with Crippen LogP contribution in [0.3, 0.4) is 0 Å². The summed E-state index contributed by atoms with van der Waals surface area (Å²) in [5.41, 5.74) is 9.11. The van der Waals surface area contributed by atoms with Crippen molar-refractivity contribution in [1.29, 1.82) is 0 Å². The van der Waals surface area contributed by atoms with Crippen molar-refractivity contribution in [2.45, 2.75) is 56.5 Å². The second kappa shape index (κ2) is 6.47. The van der Waals surface area contributed by atoms with Crippen LogP contribution in [0.4, 0.5) is 0 Å². The molecule has 4 N–H and O–H groups in total. The molecular formula is C18H28N2O. The highest BCUT2D eigenvalue weighted by atomic mass is 16.3. The van der Waals surface area contributed by atoms with E-state index in [1.807, 2.05) is 0 Å². The van der Waals surface area contributed by atoms with Crippen LogP contribution in [-0.4, -0.2) is 29.8 Å². The van der Waals surface area contributed by atoms with E-state index in [0.29, 0.717) is 25.1 Å².